The Morgan fingerprint density at radius 2 is 1.59 bits per heavy atom. The van der Waals surface area contributed by atoms with Crippen LogP contribution >= 0.6 is 0 Å². The van der Waals surface area contributed by atoms with Crippen molar-refractivity contribution in [2.24, 2.45) is 11.8 Å². The first-order valence-electron chi connectivity index (χ1n) is 7.77. The lowest BCUT2D eigenvalue weighted by Gasteiger charge is -2.21. The van der Waals surface area contributed by atoms with Crippen molar-refractivity contribution in [2.45, 2.75) is 6.54 Å². The summed E-state index contributed by atoms with van der Waals surface area (Å²) in [6.45, 7) is 5.19. The smallest absolute Gasteiger partial charge is 0.225 e. The second-order valence-electron chi connectivity index (χ2n) is 6.29. The standard InChI is InChI=1S/C17H19FN4/c18-16-4-2-13(3-5-16)8-21-9-14-11-22(12-15(14)10-21)17-19-6-1-7-20-17/h1-7,14-15H,8-12H2. The third kappa shape index (κ3) is 2.68. The average molecular weight is 298 g/mol. The normalized spacial score (nSPS) is 24.7. The molecule has 0 saturated carbocycles. The Hall–Kier alpha value is -2.01. The highest BCUT2D eigenvalue weighted by Gasteiger charge is 2.40. The van der Waals surface area contributed by atoms with Crippen molar-refractivity contribution >= 4 is 5.95 Å². The predicted octanol–water partition coefficient (Wildman–Crippen LogP) is 2.18. The van der Waals surface area contributed by atoms with E-state index in [2.05, 4.69) is 19.8 Å². The van der Waals surface area contributed by atoms with Crippen LogP contribution in [0.25, 0.3) is 0 Å². The predicted molar refractivity (Wildman–Crippen MR) is 82.9 cm³/mol. The molecule has 4 rings (SSSR count). The Bertz CT molecular complexity index is 617. The molecule has 114 valence electrons. The van der Waals surface area contributed by atoms with Gasteiger partial charge in [-0.05, 0) is 35.6 Å². The fourth-order valence-corrected chi connectivity index (χ4v) is 3.69. The lowest BCUT2D eigenvalue weighted by atomic mass is 10.0. The molecule has 3 heterocycles. The third-order valence-electron chi connectivity index (χ3n) is 4.72. The van der Waals surface area contributed by atoms with E-state index in [1.807, 2.05) is 18.2 Å². The monoisotopic (exact) mass is 298 g/mol. The van der Waals surface area contributed by atoms with Crippen molar-refractivity contribution in [2.75, 3.05) is 31.1 Å². The Morgan fingerprint density at radius 3 is 2.23 bits per heavy atom. The van der Waals surface area contributed by atoms with E-state index in [0.717, 1.165) is 38.7 Å². The maximum absolute atomic E-state index is 13.0. The Morgan fingerprint density at radius 1 is 0.955 bits per heavy atom. The molecule has 0 spiro atoms. The molecule has 0 aliphatic carbocycles. The van der Waals surface area contributed by atoms with Gasteiger partial charge in [-0.25, -0.2) is 14.4 Å². The quantitative estimate of drug-likeness (QED) is 0.869. The molecule has 0 radical (unpaired) electrons. The molecular formula is C17H19FN4. The van der Waals surface area contributed by atoms with Crippen LogP contribution in [0.15, 0.2) is 42.7 Å². The molecule has 2 unspecified atom stereocenters. The maximum atomic E-state index is 13.0. The van der Waals surface area contributed by atoms with Crippen molar-refractivity contribution in [1.29, 1.82) is 0 Å². The zero-order chi connectivity index (χ0) is 14.9. The van der Waals surface area contributed by atoms with E-state index < -0.39 is 0 Å². The number of rotatable bonds is 3. The van der Waals surface area contributed by atoms with Gasteiger partial charge < -0.3 is 4.90 Å². The minimum Gasteiger partial charge on any atom is -0.340 e. The van der Waals surface area contributed by atoms with Gasteiger partial charge in [0.15, 0.2) is 0 Å². The van der Waals surface area contributed by atoms with E-state index in [-0.39, 0.29) is 5.82 Å². The van der Waals surface area contributed by atoms with Gasteiger partial charge >= 0.3 is 0 Å². The minimum atomic E-state index is -0.166. The lowest BCUT2D eigenvalue weighted by molar-refractivity contribution is 0.308. The zero-order valence-corrected chi connectivity index (χ0v) is 12.4. The molecule has 2 saturated heterocycles. The highest BCUT2D eigenvalue weighted by Crippen LogP contribution is 2.33. The summed E-state index contributed by atoms with van der Waals surface area (Å²) in [4.78, 5) is 13.5. The fraction of sp³-hybridized carbons (Fsp3) is 0.412. The fourth-order valence-electron chi connectivity index (χ4n) is 3.69. The first-order chi connectivity index (χ1) is 10.8. The van der Waals surface area contributed by atoms with Gasteiger partial charge in [-0.15, -0.1) is 0 Å². The van der Waals surface area contributed by atoms with Crippen LogP contribution in [0, 0.1) is 17.7 Å². The van der Waals surface area contributed by atoms with Gasteiger partial charge in [0.05, 0.1) is 0 Å². The summed E-state index contributed by atoms with van der Waals surface area (Å²) in [5.41, 5.74) is 1.18. The summed E-state index contributed by atoms with van der Waals surface area (Å²) >= 11 is 0. The molecule has 5 heteroatoms. The Labute approximate surface area is 129 Å². The van der Waals surface area contributed by atoms with Crippen molar-refractivity contribution in [1.82, 2.24) is 14.9 Å². The molecule has 2 aromatic rings. The number of halogens is 1. The molecule has 0 N–H and O–H groups in total. The van der Waals surface area contributed by atoms with Crippen LogP contribution in [-0.2, 0) is 6.54 Å². The zero-order valence-electron chi connectivity index (χ0n) is 12.4. The number of hydrogen-bond donors (Lipinski definition) is 0. The van der Waals surface area contributed by atoms with Gasteiger partial charge in [0.1, 0.15) is 5.82 Å². The van der Waals surface area contributed by atoms with E-state index in [4.69, 9.17) is 0 Å². The number of fused-ring (bicyclic) bond motifs is 1. The highest BCUT2D eigenvalue weighted by molar-refractivity contribution is 5.32. The lowest BCUT2D eigenvalue weighted by Crippen LogP contribution is -2.29. The largest absolute Gasteiger partial charge is 0.340 e. The van der Waals surface area contributed by atoms with Gasteiger partial charge in [-0.1, -0.05) is 12.1 Å². The second kappa shape index (κ2) is 5.65. The van der Waals surface area contributed by atoms with Crippen LogP contribution in [0.5, 0.6) is 0 Å². The summed E-state index contributed by atoms with van der Waals surface area (Å²) in [6.07, 6.45) is 3.61. The molecule has 2 fully saturated rings. The number of likely N-dealkylation sites (tertiary alicyclic amines) is 1. The summed E-state index contributed by atoms with van der Waals surface area (Å²) in [7, 11) is 0. The van der Waals surface area contributed by atoms with Crippen molar-refractivity contribution in [3.63, 3.8) is 0 Å². The van der Waals surface area contributed by atoms with Crippen molar-refractivity contribution in [3.8, 4) is 0 Å². The molecule has 2 aliphatic rings. The van der Waals surface area contributed by atoms with Crippen LogP contribution in [0.4, 0.5) is 10.3 Å². The summed E-state index contributed by atoms with van der Waals surface area (Å²) in [6, 6.07) is 8.70. The molecule has 2 atom stereocenters. The molecule has 0 bridgehead atoms. The van der Waals surface area contributed by atoms with Crippen LogP contribution < -0.4 is 4.90 Å². The topological polar surface area (TPSA) is 32.3 Å². The number of anilines is 1. The summed E-state index contributed by atoms with van der Waals surface area (Å²) < 4.78 is 13.0. The Kier molecular flexibility index (Phi) is 3.50. The molecule has 22 heavy (non-hydrogen) atoms. The van der Waals surface area contributed by atoms with Crippen LogP contribution in [0.1, 0.15) is 5.56 Å². The molecule has 4 nitrogen and oxygen atoms in total. The first-order valence-corrected chi connectivity index (χ1v) is 7.77. The van der Waals surface area contributed by atoms with Gasteiger partial charge in [0.25, 0.3) is 0 Å². The molecule has 2 aliphatic heterocycles. The Balaban J connectivity index is 1.36. The minimum absolute atomic E-state index is 0.166. The van der Waals surface area contributed by atoms with Gasteiger partial charge in [-0.3, -0.25) is 4.90 Å². The van der Waals surface area contributed by atoms with Crippen LogP contribution in [0.2, 0.25) is 0 Å². The van der Waals surface area contributed by atoms with E-state index in [9.17, 15) is 4.39 Å². The highest BCUT2D eigenvalue weighted by atomic mass is 19.1. The molecule has 0 amide bonds. The number of hydrogen-bond acceptors (Lipinski definition) is 4. The molecular weight excluding hydrogens is 279 g/mol. The molecule has 1 aromatic heterocycles. The van der Waals surface area contributed by atoms with E-state index >= 15 is 0 Å². The van der Waals surface area contributed by atoms with Crippen LogP contribution in [-0.4, -0.2) is 41.0 Å². The van der Waals surface area contributed by atoms with Crippen molar-refractivity contribution in [3.05, 3.63) is 54.1 Å². The average Bonchev–Trinajstić information content (AvgIpc) is 3.09. The summed E-state index contributed by atoms with van der Waals surface area (Å²) in [5.74, 6) is 2.05. The van der Waals surface area contributed by atoms with Gasteiger partial charge in [0, 0.05) is 45.1 Å². The summed E-state index contributed by atoms with van der Waals surface area (Å²) in [5, 5.41) is 0. The number of benzene rings is 1. The van der Waals surface area contributed by atoms with E-state index in [1.54, 1.807) is 24.5 Å². The third-order valence-corrected chi connectivity index (χ3v) is 4.72. The number of aromatic nitrogens is 2. The van der Waals surface area contributed by atoms with E-state index in [0.29, 0.717) is 11.8 Å². The van der Waals surface area contributed by atoms with Gasteiger partial charge in [0.2, 0.25) is 5.95 Å². The SMILES string of the molecule is Fc1ccc(CN2CC3CN(c4ncccn4)CC3C2)cc1. The number of nitrogens with zero attached hydrogens (tertiary/aromatic N) is 4. The van der Waals surface area contributed by atoms with Gasteiger partial charge in [-0.2, -0.15) is 0 Å². The second-order valence-corrected chi connectivity index (χ2v) is 6.29. The van der Waals surface area contributed by atoms with Crippen LogP contribution in [0.3, 0.4) is 0 Å². The van der Waals surface area contributed by atoms with Crippen molar-refractivity contribution < 1.29 is 4.39 Å². The maximum Gasteiger partial charge on any atom is 0.225 e. The first kappa shape index (κ1) is 13.6. The van der Waals surface area contributed by atoms with E-state index in [1.165, 1.54) is 5.56 Å². The molecule has 1 aromatic carbocycles.